The van der Waals surface area contributed by atoms with E-state index in [0.717, 1.165) is 22.4 Å². The lowest BCUT2D eigenvalue weighted by Crippen LogP contribution is -2.38. The molecule has 5 heteroatoms. The van der Waals surface area contributed by atoms with Crippen LogP contribution in [-0.2, 0) is 14.3 Å². The normalized spacial score (nSPS) is 11.6. The van der Waals surface area contributed by atoms with Crippen molar-refractivity contribution in [3.8, 4) is 5.75 Å². The van der Waals surface area contributed by atoms with Crippen LogP contribution >= 0.6 is 0 Å². The van der Waals surface area contributed by atoms with Gasteiger partial charge in [-0.15, -0.1) is 0 Å². The first kappa shape index (κ1) is 19.5. The number of carbonyl (C=O) groups is 2. The molecule has 0 spiro atoms. The molecule has 2 rings (SSSR count). The SMILES string of the molecule is Cc1cc(C)c(OCC(=O)O[C@@H](C)C(=O)N(C)c2ccccc2)c(C)c1. The molecule has 0 saturated heterocycles. The summed E-state index contributed by atoms with van der Waals surface area (Å²) < 4.78 is 10.8. The van der Waals surface area contributed by atoms with Crippen molar-refractivity contribution in [2.24, 2.45) is 0 Å². The van der Waals surface area contributed by atoms with Crippen LogP contribution in [0.2, 0.25) is 0 Å². The molecule has 0 saturated carbocycles. The fraction of sp³-hybridized carbons (Fsp3) is 0.333. The van der Waals surface area contributed by atoms with Crippen LogP contribution in [0.1, 0.15) is 23.6 Å². The van der Waals surface area contributed by atoms with Gasteiger partial charge in [0.1, 0.15) is 5.75 Å². The summed E-state index contributed by atoms with van der Waals surface area (Å²) in [6.07, 6.45) is -0.892. The van der Waals surface area contributed by atoms with Crippen LogP contribution in [0.5, 0.6) is 5.75 Å². The molecule has 5 nitrogen and oxygen atoms in total. The molecule has 138 valence electrons. The van der Waals surface area contributed by atoms with Crippen LogP contribution in [-0.4, -0.2) is 31.6 Å². The molecule has 0 aliphatic heterocycles. The third-order valence-corrected chi connectivity index (χ3v) is 4.07. The number of nitrogens with zero attached hydrogens (tertiary/aromatic N) is 1. The predicted octanol–water partition coefficient (Wildman–Crippen LogP) is 3.59. The summed E-state index contributed by atoms with van der Waals surface area (Å²) in [5, 5.41) is 0. The molecule has 0 radical (unpaired) electrons. The Kier molecular flexibility index (Phi) is 6.39. The second kappa shape index (κ2) is 8.52. The van der Waals surface area contributed by atoms with Crippen molar-refractivity contribution in [1.82, 2.24) is 0 Å². The summed E-state index contributed by atoms with van der Waals surface area (Å²) in [6.45, 7) is 7.19. The number of aryl methyl sites for hydroxylation is 3. The van der Waals surface area contributed by atoms with E-state index in [-0.39, 0.29) is 12.5 Å². The number of ether oxygens (including phenoxy) is 2. The topological polar surface area (TPSA) is 55.8 Å². The molecule has 0 unspecified atom stereocenters. The van der Waals surface area contributed by atoms with Crippen molar-refractivity contribution in [3.05, 3.63) is 59.2 Å². The highest BCUT2D eigenvalue weighted by molar-refractivity contribution is 5.96. The average molecular weight is 355 g/mol. The second-order valence-electron chi connectivity index (χ2n) is 6.38. The van der Waals surface area contributed by atoms with Gasteiger partial charge in [0.15, 0.2) is 12.7 Å². The predicted molar refractivity (Wildman–Crippen MR) is 102 cm³/mol. The van der Waals surface area contributed by atoms with E-state index in [1.165, 1.54) is 4.90 Å². The fourth-order valence-electron chi connectivity index (χ4n) is 2.86. The lowest BCUT2D eigenvalue weighted by atomic mass is 10.1. The Morgan fingerprint density at radius 3 is 2.19 bits per heavy atom. The molecule has 2 aromatic rings. The summed E-state index contributed by atoms with van der Waals surface area (Å²) in [4.78, 5) is 25.9. The summed E-state index contributed by atoms with van der Waals surface area (Å²) in [5.74, 6) is -0.202. The fourth-order valence-corrected chi connectivity index (χ4v) is 2.86. The monoisotopic (exact) mass is 355 g/mol. The van der Waals surface area contributed by atoms with E-state index in [0.29, 0.717) is 5.75 Å². The molecular weight excluding hydrogens is 330 g/mol. The smallest absolute Gasteiger partial charge is 0.344 e. The highest BCUT2D eigenvalue weighted by Crippen LogP contribution is 2.24. The number of hydrogen-bond acceptors (Lipinski definition) is 4. The minimum Gasteiger partial charge on any atom is -0.481 e. The molecule has 0 aliphatic rings. The molecule has 0 aliphatic carbocycles. The van der Waals surface area contributed by atoms with Crippen LogP contribution in [0.15, 0.2) is 42.5 Å². The van der Waals surface area contributed by atoms with Crippen molar-refractivity contribution in [2.45, 2.75) is 33.8 Å². The quantitative estimate of drug-likeness (QED) is 0.743. The summed E-state index contributed by atoms with van der Waals surface area (Å²) in [5.41, 5.74) is 3.80. The van der Waals surface area contributed by atoms with Gasteiger partial charge in [0.2, 0.25) is 0 Å². The summed E-state index contributed by atoms with van der Waals surface area (Å²) >= 11 is 0. The second-order valence-corrected chi connectivity index (χ2v) is 6.38. The van der Waals surface area contributed by atoms with Gasteiger partial charge in [-0.05, 0) is 51.0 Å². The Hall–Kier alpha value is -2.82. The lowest BCUT2D eigenvalue weighted by Gasteiger charge is -2.21. The third-order valence-electron chi connectivity index (χ3n) is 4.07. The zero-order chi connectivity index (χ0) is 19.3. The van der Waals surface area contributed by atoms with Crippen molar-refractivity contribution >= 4 is 17.6 Å². The molecule has 26 heavy (non-hydrogen) atoms. The molecule has 0 bridgehead atoms. The van der Waals surface area contributed by atoms with Gasteiger partial charge in [0.25, 0.3) is 5.91 Å². The van der Waals surface area contributed by atoms with E-state index in [1.54, 1.807) is 14.0 Å². The van der Waals surface area contributed by atoms with Crippen molar-refractivity contribution < 1.29 is 19.1 Å². The van der Waals surface area contributed by atoms with Crippen molar-refractivity contribution in [3.63, 3.8) is 0 Å². The molecule has 0 N–H and O–H groups in total. The summed E-state index contributed by atoms with van der Waals surface area (Å²) in [6, 6.07) is 13.2. The number of likely N-dealkylation sites (N-methyl/N-ethyl adjacent to an activating group) is 1. The van der Waals surface area contributed by atoms with Crippen molar-refractivity contribution in [1.29, 1.82) is 0 Å². The summed E-state index contributed by atoms with van der Waals surface area (Å²) in [7, 11) is 1.65. The zero-order valence-electron chi connectivity index (χ0n) is 15.9. The van der Waals surface area contributed by atoms with Gasteiger partial charge in [0.05, 0.1) is 0 Å². The van der Waals surface area contributed by atoms with Gasteiger partial charge in [-0.1, -0.05) is 35.9 Å². The molecule has 2 aromatic carbocycles. The Labute approximate surface area is 154 Å². The number of rotatable bonds is 6. The van der Waals surface area contributed by atoms with Gasteiger partial charge < -0.3 is 14.4 Å². The van der Waals surface area contributed by atoms with Crippen LogP contribution in [0.25, 0.3) is 0 Å². The maximum Gasteiger partial charge on any atom is 0.344 e. The van der Waals surface area contributed by atoms with Crippen LogP contribution in [0.3, 0.4) is 0 Å². The molecule has 1 amide bonds. The number of esters is 1. The number of hydrogen-bond donors (Lipinski definition) is 0. The standard InChI is InChI=1S/C21H25NO4/c1-14-11-15(2)20(16(3)12-14)25-13-19(23)26-17(4)21(24)22(5)18-9-7-6-8-10-18/h6-12,17H,13H2,1-5H3/t17-/m0/s1. The minimum absolute atomic E-state index is 0.239. The maximum absolute atomic E-state index is 12.4. The van der Waals surface area contributed by atoms with E-state index in [2.05, 4.69) is 0 Å². The number of para-hydroxylation sites is 1. The number of anilines is 1. The maximum atomic E-state index is 12.4. The van der Waals surface area contributed by atoms with E-state index >= 15 is 0 Å². The third kappa shape index (κ3) is 4.85. The minimum atomic E-state index is -0.892. The molecular formula is C21H25NO4. The van der Waals surface area contributed by atoms with E-state index in [1.807, 2.05) is 63.2 Å². The molecule has 0 aromatic heterocycles. The Bertz CT molecular complexity index is 763. The number of carbonyl (C=O) groups excluding carboxylic acids is 2. The van der Waals surface area contributed by atoms with E-state index < -0.39 is 12.1 Å². The van der Waals surface area contributed by atoms with Gasteiger partial charge in [-0.3, -0.25) is 4.79 Å². The lowest BCUT2D eigenvalue weighted by molar-refractivity contribution is -0.155. The van der Waals surface area contributed by atoms with Crippen LogP contribution < -0.4 is 9.64 Å². The Morgan fingerprint density at radius 2 is 1.62 bits per heavy atom. The highest BCUT2D eigenvalue weighted by Gasteiger charge is 2.22. The van der Waals surface area contributed by atoms with E-state index in [4.69, 9.17) is 9.47 Å². The van der Waals surface area contributed by atoms with Crippen LogP contribution in [0, 0.1) is 20.8 Å². The van der Waals surface area contributed by atoms with Crippen molar-refractivity contribution in [2.75, 3.05) is 18.6 Å². The van der Waals surface area contributed by atoms with Gasteiger partial charge >= 0.3 is 5.97 Å². The molecule has 1 atom stereocenters. The highest BCUT2D eigenvalue weighted by atomic mass is 16.6. The Morgan fingerprint density at radius 1 is 1.04 bits per heavy atom. The van der Waals surface area contributed by atoms with E-state index in [9.17, 15) is 9.59 Å². The molecule has 0 heterocycles. The Balaban J connectivity index is 1.92. The first-order valence-corrected chi connectivity index (χ1v) is 8.52. The molecule has 0 fully saturated rings. The first-order valence-electron chi connectivity index (χ1n) is 8.52. The zero-order valence-corrected chi connectivity index (χ0v) is 15.9. The van der Waals surface area contributed by atoms with Gasteiger partial charge in [-0.25, -0.2) is 4.79 Å². The largest absolute Gasteiger partial charge is 0.481 e. The number of benzene rings is 2. The van der Waals surface area contributed by atoms with Crippen LogP contribution in [0.4, 0.5) is 5.69 Å². The van der Waals surface area contributed by atoms with Gasteiger partial charge in [0, 0.05) is 12.7 Å². The average Bonchev–Trinajstić information content (AvgIpc) is 2.60. The first-order chi connectivity index (χ1) is 12.3. The van der Waals surface area contributed by atoms with Gasteiger partial charge in [-0.2, -0.15) is 0 Å². The number of amides is 1.